The van der Waals surface area contributed by atoms with E-state index in [0.717, 1.165) is 69.8 Å². The molecule has 0 atom stereocenters. The van der Waals surface area contributed by atoms with Crippen molar-refractivity contribution in [3.05, 3.63) is 108 Å². The fraction of sp³-hybridized carbons (Fsp3) is 0.156. The van der Waals surface area contributed by atoms with Crippen molar-refractivity contribution in [3.63, 3.8) is 0 Å². The van der Waals surface area contributed by atoms with E-state index in [1.165, 1.54) is 5.56 Å². The molecule has 5 heteroatoms. The first-order chi connectivity index (χ1) is 18.2. The number of para-hydroxylation sites is 2. The molecule has 0 N–H and O–H groups in total. The van der Waals surface area contributed by atoms with Crippen LogP contribution in [-0.4, -0.2) is 19.1 Å². The highest BCUT2D eigenvalue weighted by atomic mass is 15.1. The fourth-order valence-electron chi connectivity index (χ4n) is 5.11. The normalized spacial score (nSPS) is 11.3. The zero-order chi connectivity index (χ0) is 25.4. The number of hydrogen-bond acceptors (Lipinski definition) is 3. The van der Waals surface area contributed by atoms with Crippen LogP contribution in [0.15, 0.2) is 91.0 Å². The van der Waals surface area contributed by atoms with E-state index in [1.807, 2.05) is 36.4 Å². The lowest BCUT2D eigenvalue weighted by atomic mass is 9.99. The Kier molecular flexibility index (Phi) is 5.78. The van der Waals surface area contributed by atoms with Crippen molar-refractivity contribution >= 4 is 22.1 Å². The van der Waals surface area contributed by atoms with Crippen LogP contribution in [0.25, 0.3) is 44.6 Å². The van der Waals surface area contributed by atoms with Crippen molar-refractivity contribution in [1.82, 2.24) is 19.1 Å². The largest absolute Gasteiger partial charge is 0.327 e. The highest BCUT2D eigenvalue weighted by Crippen LogP contribution is 2.29. The molecule has 0 saturated carbocycles. The molecule has 0 fully saturated rings. The van der Waals surface area contributed by atoms with Gasteiger partial charge in [0.25, 0.3) is 0 Å². The highest BCUT2D eigenvalue weighted by molar-refractivity contribution is 5.85. The average Bonchev–Trinajstić information content (AvgIpc) is 3.46. The van der Waals surface area contributed by atoms with E-state index in [-0.39, 0.29) is 0 Å². The predicted molar refractivity (Wildman–Crippen MR) is 149 cm³/mol. The van der Waals surface area contributed by atoms with Gasteiger partial charge in [-0.05, 0) is 59.5 Å². The summed E-state index contributed by atoms with van der Waals surface area (Å²) < 4.78 is 4.49. The summed E-state index contributed by atoms with van der Waals surface area (Å²) >= 11 is 0. The Morgan fingerprint density at radius 3 is 2.30 bits per heavy atom. The lowest BCUT2D eigenvalue weighted by molar-refractivity contribution is 0.722. The van der Waals surface area contributed by atoms with Crippen molar-refractivity contribution in [2.45, 2.75) is 26.3 Å². The molecule has 0 spiro atoms. The maximum Gasteiger partial charge on any atom is 0.140 e. The van der Waals surface area contributed by atoms with E-state index in [2.05, 4.69) is 83.8 Å². The number of aryl methyl sites for hydroxylation is 2. The molecule has 0 radical (unpaired) electrons. The molecule has 0 saturated heterocycles. The summed E-state index contributed by atoms with van der Waals surface area (Å²) in [6.45, 7) is 2.92. The fourth-order valence-corrected chi connectivity index (χ4v) is 5.11. The summed E-state index contributed by atoms with van der Waals surface area (Å²) in [7, 11) is 2.07. The molecular formula is C32H27N5. The maximum atomic E-state index is 9.48. The molecule has 0 aliphatic carbocycles. The van der Waals surface area contributed by atoms with E-state index in [9.17, 15) is 5.26 Å². The Morgan fingerprint density at radius 1 is 0.784 bits per heavy atom. The van der Waals surface area contributed by atoms with Gasteiger partial charge < -0.3 is 9.13 Å². The Hall–Kier alpha value is -4.69. The predicted octanol–water partition coefficient (Wildman–Crippen LogP) is 7.13. The summed E-state index contributed by atoms with van der Waals surface area (Å²) in [5, 5.41) is 9.48. The topological polar surface area (TPSA) is 59.4 Å². The maximum absolute atomic E-state index is 9.48. The monoisotopic (exact) mass is 481 g/mol. The minimum absolute atomic E-state index is 0.690. The first kappa shape index (κ1) is 22.8. The highest BCUT2D eigenvalue weighted by Gasteiger charge is 2.15. The third-order valence-corrected chi connectivity index (χ3v) is 7.00. The standard InChI is InChI=1S/C32H27N5/c1-3-8-31-34-28-18-17-24(32-35-27-11-6-7-12-29(27)36(32)2)19-30(28)37(31)21-22-13-15-23(16-14-22)26-10-5-4-9-25(26)20-33/h4-7,9-19H,3,8,21H2,1-2H3. The first-order valence-corrected chi connectivity index (χ1v) is 12.7. The average molecular weight is 482 g/mol. The molecule has 37 heavy (non-hydrogen) atoms. The Morgan fingerprint density at radius 2 is 1.51 bits per heavy atom. The summed E-state index contributed by atoms with van der Waals surface area (Å²) in [6.07, 6.45) is 1.95. The lowest BCUT2D eigenvalue weighted by Crippen LogP contribution is -2.05. The van der Waals surface area contributed by atoms with E-state index < -0.39 is 0 Å². The van der Waals surface area contributed by atoms with Gasteiger partial charge in [-0.1, -0.05) is 61.5 Å². The molecule has 2 heterocycles. The van der Waals surface area contributed by atoms with Gasteiger partial charge in [0, 0.05) is 25.6 Å². The van der Waals surface area contributed by atoms with Crippen LogP contribution in [0.1, 0.15) is 30.3 Å². The molecular weight excluding hydrogens is 454 g/mol. The molecule has 0 aliphatic heterocycles. The number of fused-ring (bicyclic) bond motifs is 2. The second-order valence-electron chi connectivity index (χ2n) is 9.41. The Labute approximate surface area is 216 Å². The summed E-state index contributed by atoms with van der Waals surface area (Å²) in [5.41, 5.74) is 9.22. The smallest absolute Gasteiger partial charge is 0.140 e. The number of aromatic nitrogens is 4. The third kappa shape index (κ3) is 4.07. The number of rotatable bonds is 6. The van der Waals surface area contributed by atoms with Crippen LogP contribution in [0.2, 0.25) is 0 Å². The summed E-state index contributed by atoms with van der Waals surface area (Å²) in [6, 6.07) is 33.2. The van der Waals surface area contributed by atoms with Crippen LogP contribution in [0, 0.1) is 11.3 Å². The molecule has 4 aromatic carbocycles. The minimum Gasteiger partial charge on any atom is -0.327 e. The molecule has 6 aromatic rings. The molecule has 0 amide bonds. The SMILES string of the molecule is CCCc1nc2ccc(-c3nc4ccccc4n3C)cc2n1Cc1ccc(-c2ccccc2C#N)cc1. The molecule has 5 nitrogen and oxygen atoms in total. The van der Waals surface area contributed by atoms with Crippen molar-refractivity contribution < 1.29 is 0 Å². The van der Waals surface area contributed by atoms with E-state index >= 15 is 0 Å². The number of nitrogens with zero attached hydrogens (tertiary/aromatic N) is 5. The molecule has 2 aromatic heterocycles. The number of benzene rings is 4. The Bertz CT molecular complexity index is 1780. The third-order valence-electron chi connectivity index (χ3n) is 7.00. The number of imidazole rings is 2. The minimum atomic E-state index is 0.690. The molecule has 180 valence electrons. The van der Waals surface area contributed by atoms with Gasteiger partial charge in [0.1, 0.15) is 11.6 Å². The zero-order valence-electron chi connectivity index (χ0n) is 21.0. The molecule has 0 bridgehead atoms. The lowest BCUT2D eigenvalue weighted by Gasteiger charge is -2.11. The van der Waals surface area contributed by atoms with Crippen LogP contribution in [0.3, 0.4) is 0 Å². The van der Waals surface area contributed by atoms with Gasteiger partial charge in [-0.25, -0.2) is 9.97 Å². The molecule has 6 rings (SSSR count). The van der Waals surface area contributed by atoms with Crippen LogP contribution in [0.4, 0.5) is 0 Å². The van der Waals surface area contributed by atoms with Gasteiger partial charge in [-0.15, -0.1) is 0 Å². The molecule has 0 unspecified atom stereocenters. The quantitative estimate of drug-likeness (QED) is 0.254. The van der Waals surface area contributed by atoms with Crippen LogP contribution in [0.5, 0.6) is 0 Å². The first-order valence-electron chi connectivity index (χ1n) is 12.7. The second-order valence-corrected chi connectivity index (χ2v) is 9.41. The number of hydrogen-bond donors (Lipinski definition) is 0. The van der Waals surface area contributed by atoms with Crippen molar-refractivity contribution in [1.29, 1.82) is 5.26 Å². The molecule has 0 aliphatic rings. The summed E-state index contributed by atoms with van der Waals surface area (Å²) in [4.78, 5) is 9.90. The van der Waals surface area contributed by atoms with Crippen molar-refractivity contribution in [2.24, 2.45) is 7.05 Å². The van der Waals surface area contributed by atoms with Gasteiger partial charge >= 0.3 is 0 Å². The van der Waals surface area contributed by atoms with Gasteiger partial charge in [0.2, 0.25) is 0 Å². The van der Waals surface area contributed by atoms with Gasteiger partial charge in [0.15, 0.2) is 0 Å². The second kappa shape index (κ2) is 9.40. The zero-order valence-corrected chi connectivity index (χ0v) is 21.0. The summed E-state index contributed by atoms with van der Waals surface area (Å²) in [5.74, 6) is 2.05. The van der Waals surface area contributed by atoms with Crippen molar-refractivity contribution in [2.75, 3.05) is 0 Å². The van der Waals surface area contributed by atoms with Gasteiger partial charge in [0.05, 0.1) is 33.7 Å². The van der Waals surface area contributed by atoms with Crippen molar-refractivity contribution in [3.8, 4) is 28.6 Å². The van der Waals surface area contributed by atoms with Crippen LogP contribution < -0.4 is 0 Å². The van der Waals surface area contributed by atoms with Crippen LogP contribution >= 0.6 is 0 Å². The number of nitriles is 1. The van der Waals surface area contributed by atoms with Gasteiger partial charge in [-0.3, -0.25) is 0 Å². The van der Waals surface area contributed by atoms with E-state index in [0.29, 0.717) is 5.56 Å². The van der Waals surface area contributed by atoms with Crippen LogP contribution in [-0.2, 0) is 20.0 Å². The Balaban J connectivity index is 1.40. The van der Waals surface area contributed by atoms with Gasteiger partial charge in [-0.2, -0.15) is 5.26 Å². The van der Waals surface area contributed by atoms with E-state index in [4.69, 9.17) is 9.97 Å². The van der Waals surface area contributed by atoms with E-state index in [1.54, 1.807) is 0 Å².